The minimum atomic E-state index is -4.41. The maximum Gasteiger partial charge on any atom is 0.417 e. The molecule has 1 atom stereocenters. The lowest BCUT2D eigenvalue weighted by Crippen LogP contribution is -2.11. The molecule has 1 N–H and O–H groups in total. The number of hydrogen-bond donors (Lipinski definition) is 1. The molecule has 8 heteroatoms. The normalized spacial score (nSPS) is 12.8. The Balaban J connectivity index is 1.64. The van der Waals surface area contributed by atoms with Crippen molar-refractivity contribution in [3.05, 3.63) is 71.5 Å². The third kappa shape index (κ3) is 4.34. The van der Waals surface area contributed by atoms with Crippen molar-refractivity contribution in [1.82, 2.24) is 15.1 Å². The molecule has 2 aromatic heterocycles. The van der Waals surface area contributed by atoms with Crippen molar-refractivity contribution in [1.29, 1.82) is 0 Å². The largest absolute Gasteiger partial charge is 0.417 e. The van der Waals surface area contributed by atoms with Gasteiger partial charge in [0.25, 0.3) is 0 Å². The van der Waals surface area contributed by atoms with E-state index in [2.05, 4.69) is 20.4 Å². The minimum absolute atomic E-state index is 0.301. The first-order valence-electron chi connectivity index (χ1n) is 7.58. The van der Waals surface area contributed by atoms with Gasteiger partial charge < -0.3 is 9.84 Å². The fourth-order valence-electron chi connectivity index (χ4n) is 2.22. The molecule has 0 aliphatic rings. The van der Waals surface area contributed by atoms with Gasteiger partial charge in [0.2, 0.25) is 5.89 Å². The highest BCUT2D eigenvalue weighted by atomic mass is 19.4. The van der Waals surface area contributed by atoms with E-state index in [0.717, 1.165) is 17.8 Å². The summed E-state index contributed by atoms with van der Waals surface area (Å²) in [6.07, 6.45) is -3.11. The molecule has 2 heterocycles. The van der Waals surface area contributed by atoms with Crippen LogP contribution >= 0.6 is 0 Å². The molecule has 0 bridgehead atoms. The third-order valence-corrected chi connectivity index (χ3v) is 3.52. The Hall–Kier alpha value is -2.90. The second-order valence-corrected chi connectivity index (χ2v) is 5.50. The lowest BCUT2D eigenvalue weighted by molar-refractivity contribution is -0.137. The molecule has 0 amide bonds. The first kappa shape index (κ1) is 16.9. The first-order chi connectivity index (χ1) is 11.9. The summed E-state index contributed by atoms with van der Waals surface area (Å²) < 4.78 is 42.8. The SMILES string of the molecule is CC(Nc1ccc(C(F)(F)F)cn1)c1noc(Cc2ccccc2)n1. The van der Waals surface area contributed by atoms with Crippen molar-refractivity contribution in [2.24, 2.45) is 0 Å². The zero-order valence-corrected chi connectivity index (χ0v) is 13.3. The number of alkyl halides is 3. The Morgan fingerprint density at radius 1 is 1.12 bits per heavy atom. The summed E-state index contributed by atoms with van der Waals surface area (Å²) in [5, 5.41) is 6.86. The van der Waals surface area contributed by atoms with Gasteiger partial charge in [0.15, 0.2) is 5.82 Å². The van der Waals surface area contributed by atoms with E-state index in [1.807, 2.05) is 30.3 Å². The predicted octanol–water partition coefficient (Wildman–Crippen LogP) is 4.25. The van der Waals surface area contributed by atoms with Crippen LogP contribution in [0, 0.1) is 0 Å². The molecule has 1 unspecified atom stereocenters. The van der Waals surface area contributed by atoms with Crippen molar-refractivity contribution < 1.29 is 17.7 Å². The summed E-state index contributed by atoms with van der Waals surface area (Å²) in [5.74, 6) is 1.18. The van der Waals surface area contributed by atoms with E-state index in [0.29, 0.717) is 24.0 Å². The molecule has 0 spiro atoms. The molecule has 0 aliphatic heterocycles. The van der Waals surface area contributed by atoms with Crippen LogP contribution < -0.4 is 5.32 Å². The maximum atomic E-state index is 12.5. The van der Waals surface area contributed by atoms with Gasteiger partial charge in [-0.2, -0.15) is 18.2 Å². The number of anilines is 1. The topological polar surface area (TPSA) is 63.8 Å². The molecule has 130 valence electrons. The lowest BCUT2D eigenvalue weighted by atomic mass is 10.1. The second kappa shape index (κ2) is 6.92. The molecular formula is C17H15F3N4O. The van der Waals surface area contributed by atoms with Gasteiger partial charge in [0, 0.05) is 6.20 Å². The van der Waals surface area contributed by atoms with E-state index >= 15 is 0 Å². The molecule has 0 radical (unpaired) electrons. The molecule has 0 fully saturated rings. The Labute approximate surface area is 141 Å². The Morgan fingerprint density at radius 2 is 1.88 bits per heavy atom. The molecule has 0 saturated carbocycles. The fraction of sp³-hybridized carbons (Fsp3) is 0.235. The van der Waals surface area contributed by atoms with Gasteiger partial charge >= 0.3 is 6.18 Å². The van der Waals surface area contributed by atoms with E-state index in [1.165, 1.54) is 6.07 Å². The number of halogens is 3. The molecule has 3 rings (SSSR count). The van der Waals surface area contributed by atoms with Gasteiger partial charge in [0.1, 0.15) is 5.82 Å². The molecule has 1 aromatic carbocycles. The monoisotopic (exact) mass is 348 g/mol. The molecular weight excluding hydrogens is 333 g/mol. The number of hydrogen-bond acceptors (Lipinski definition) is 5. The van der Waals surface area contributed by atoms with Crippen LogP contribution in [-0.4, -0.2) is 15.1 Å². The number of aromatic nitrogens is 3. The number of pyridine rings is 1. The van der Waals surface area contributed by atoms with Crippen molar-refractivity contribution in [2.75, 3.05) is 5.32 Å². The smallest absolute Gasteiger partial charge is 0.360 e. The molecule has 3 aromatic rings. The van der Waals surface area contributed by atoms with E-state index in [9.17, 15) is 13.2 Å². The Kier molecular flexibility index (Phi) is 4.69. The number of nitrogens with zero attached hydrogens (tertiary/aromatic N) is 3. The minimum Gasteiger partial charge on any atom is -0.360 e. The van der Waals surface area contributed by atoms with E-state index in [4.69, 9.17) is 4.52 Å². The Bertz CT molecular complexity index is 816. The van der Waals surface area contributed by atoms with Crippen LogP contribution in [0.3, 0.4) is 0 Å². The van der Waals surface area contributed by atoms with Crippen LogP contribution in [0.5, 0.6) is 0 Å². The second-order valence-electron chi connectivity index (χ2n) is 5.50. The zero-order valence-electron chi connectivity index (χ0n) is 13.3. The summed E-state index contributed by atoms with van der Waals surface area (Å²) in [6.45, 7) is 1.77. The van der Waals surface area contributed by atoms with Crippen LogP contribution in [0.1, 0.15) is 35.8 Å². The van der Waals surface area contributed by atoms with E-state index in [1.54, 1.807) is 6.92 Å². The lowest BCUT2D eigenvalue weighted by Gasteiger charge is -2.11. The van der Waals surface area contributed by atoms with Crippen LogP contribution in [-0.2, 0) is 12.6 Å². The summed E-state index contributed by atoms with van der Waals surface area (Å²) in [7, 11) is 0. The number of rotatable bonds is 5. The van der Waals surface area contributed by atoms with E-state index in [-0.39, 0.29) is 6.04 Å². The molecule has 0 saturated heterocycles. The summed E-state index contributed by atoms with van der Waals surface area (Å²) >= 11 is 0. The quantitative estimate of drug-likeness (QED) is 0.747. The van der Waals surface area contributed by atoms with Crippen LogP contribution in [0.25, 0.3) is 0 Å². The standard InChI is InChI=1S/C17H15F3N4O/c1-11(22-14-8-7-13(10-21-14)17(18,19)20)16-23-15(25-24-16)9-12-5-3-2-4-6-12/h2-8,10-11H,9H2,1H3,(H,21,22). The van der Waals surface area contributed by atoms with Gasteiger partial charge in [-0.15, -0.1) is 0 Å². The van der Waals surface area contributed by atoms with Gasteiger partial charge in [-0.1, -0.05) is 35.5 Å². The zero-order chi connectivity index (χ0) is 17.9. The highest BCUT2D eigenvalue weighted by Gasteiger charge is 2.30. The molecule has 25 heavy (non-hydrogen) atoms. The van der Waals surface area contributed by atoms with Gasteiger partial charge in [-0.3, -0.25) is 0 Å². The van der Waals surface area contributed by atoms with Gasteiger partial charge in [0.05, 0.1) is 18.0 Å². The van der Waals surface area contributed by atoms with Crippen molar-refractivity contribution in [3.63, 3.8) is 0 Å². The van der Waals surface area contributed by atoms with Gasteiger partial charge in [-0.05, 0) is 24.6 Å². The van der Waals surface area contributed by atoms with Crippen molar-refractivity contribution >= 4 is 5.82 Å². The van der Waals surface area contributed by atoms with Crippen molar-refractivity contribution in [2.45, 2.75) is 25.6 Å². The highest BCUT2D eigenvalue weighted by Crippen LogP contribution is 2.29. The van der Waals surface area contributed by atoms with Crippen molar-refractivity contribution in [3.8, 4) is 0 Å². The maximum absolute atomic E-state index is 12.5. The van der Waals surface area contributed by atoms with Crippen LogP contribution in [0.4, 0.5) is 19.0 Å². The van der Waals surface area contributed by atoms with Gasteiger partial charge in [-0.25, -0.2) is 4.98 Å². The van der Waals surface area contributed by atoms with Crippen LogP contribution in [0.2, 0.25) is 0 Å². The number of benzene rings is 1. The third-order valence-electron chi connectivity index (χ3n) is 3.52. The average Bonchev–Trinajstić information content (AvgIpc) is 3.04. The average molecular weight is 348 g/mol. The molecule has 5 nitrogen and oxygen atoms in total. The fourth-order valence-corrected chi connectivity index (χ4v) is 2.22. The Morgan fingerprint density at radius 3 is 2.52 bits per heavy atom. The van der Waals surface area contributed by atoms with Crippen LogP contribution in [0.15, 0.2) is 53.2 Å². The molecule has 0 aliphatic carbocycles. The summed E-state index contributed by atoms with van der Waals surface area (Å²) in [6, 6.07) is 11.6. The summed E-state index contributed by atoms with van der Waals surface area (Å²) in [5.41, 5.74) is 0.248. The predicted molar refractivity (Wildman–Crippen MR) is 84.8 cm³/mol. The highest BCUT2D eigenvalue weighted by molar-refractivity contribution is 5.37. The van der Waals surface area contributed by atoms with E-state index < -0.39 is 11.7 Å². The number of nitrogens with one attached hydrogen (secondary N) is 1. The summed E-state index contributed by atoms with van der Waals surface area (Å²) in [4.78, 5) is 8.08. The first-order valence-corrected chi connectivity index (χ1v) is 7.58.